The molecule has 3 heterocycles. The molecule has 0 saturated carbocycles. The van der Waals surface area contributed by atoms with E-state index in [0.29, 0.717) is 11.1 Å². The normalized spacial score (nSPS) is 26.8. The van der Waals surface area contributed by atoms with Crippen LogP contribution in [0.2, 0.25) is 0 Å². The number of phenolic OH excluding ortho intramolecular Hbond substituents is 7. The molecule has 3 aromatic rings. The smallest absolute Gasteiger partial charge is 0.338 e. The van der Waals surface area contributed by atoms with E-state index in [9.17, 15) is 45.3 Å². The Hall–Kier alpha value is -5.56. The number of epoxide rings is 1. The Labute approximate surface area is 286 Å². The quantitative estimate of drug-likeness (QED) is 0.0612. The fourth-order valence-corrected chi connectivity index (χ4v) is 6.68. The summed E-state index contributed by atoms with van der Waals surface area (Å²) in [7, 11) is 0. The lowest BCUT2D eigenvalue weighted by Gasteiger charge is -2.34. The van der Waals surface area contributed by atoms with Crippen molar-refractivity contribution in [2.75, 3.05) is 0 Å². The first kappa shape index (κ1) is 34.3. The third-order valence-electron chi connectivity index (χ3n) is 9.63. The lowest BCUT2D eigenvalue weighted by Crippen LogP contribution is -2.34. The molecule has 6 unspecified atom stereocenters. The average molecular weight is 691 g/mol. The van der Waals surface area contributed by atoms with Crippen LogP contribution >= 0.6 is 0 Å². The van der Waals surface area contributed by atoms with Gasteiger partial charge in [0.1, 0.15) is 35.6 Å². The maximum absolute atomic E-state index is 12.7. The van der Waals surface area contributed by atoms with Crippen molar-refractivity contribution in [3.63, 3.8) is 0 Å². The van der Waals surface area contributed by atoms with Crippen molar-refractivity contribution >= 4 is 11.9 Å². The molecule has 0 radical (unpaired) electrons. The molecule has 3 aliphatic heterocycles. The summed E-state index contributed by atoms with van der Waals surface area (Å²) in [6.45, 7) is 8.17. The minimum atomic E-state index is -1.06. The Morgan fingerprint density at radius 3 is 2.34 bits per heavy atom. The molecule has 2 fully saturated rings. The van der Waals surface area contributed by atoms with Crippen LogP contribution in [-0.2, 0) is 25.4 Å². The van der Waals surface area contributed by atoms with Gasteiger partial charge in [-0.25, -0.2) is 9.59 Å². The molecule has 3 aromatic carbocycles. The molecule has 0 aromatic heterocycles. The number of fused-ring (bicyclic) bond motifs is 4. The van der Waals surface area contributed by atoms with Gasteiger partial charge in [-0.2, -0.15) is 0 Å². The molecule has 0 bridgehead atoms. The SMILES string of the molecule is C=C1C(=O)OC2C1CCC(C)=CCCC1(C)OC21.O=C(OC1Cc2c(O)cc(O)cc2OC1c1ccc(O)c(O)c1)c1cc(O)c(O)c(O)c1. The van der Waals surface area contributed by atoms with Gasteiger partial charge in [-0.1, -0.05) is 24.3 Å². The number of allylic oxidation sites excluding steroid dienone is 2. The first-order valence-electron chi connectivity index (χ1n) is 16.1. The van der Waals surface area contributed by atoms with E-state index >= 15 is 0 Å². The summed E-state index contributed by atoms with van der Waals surface area (Å²) in [4.78, 5) is 24.4. The summed E-state index contributed by atoms with van der Waals surface area (Å²) < 4.78 is 22.7. The van der Waals surface area contributed by atoms with Crippen LogP contribution in [0, 0.1) is 5.92 Å². The van der Waals surface area contributed by atoms with Gasteiger partial charge in [0.15, 0.2) is 34.9 Å². The van der Waals surface area contributed by atoms with Crippen molar-refractivity contribution in [2.45, 2.75) is 76.0 Å². The van der Waals surface area contributed by atoms with Gasteiger partial charge in [-0.3, -0.25) is 0 Å². The van der Waals surface area contributed by atoms with Crippen molar-refractivity contribution in [1.82, 2.24) is 0 Å². The van der Waals surface area contributed by atoms with Crippen LogP contribution in [0.3, 0.4) is 0 Å². The molecule has 13 nitrogen and oxygen atoms in total. The van der Waals surface area contributed by atoms with Crippen LogP contribution in [0.4, 0.5) is 0 Å². The van der Waals surface area contributed by atoms with Crippen molar-refractivity contribution in [3.05, 3.63) is 83.0 Å². The van der Waals surface area contributed by atoms with Crippen LogP contribution in [-0.4, -0.2) is 71.6 Å². The Morgan fingerprint density at radius 1 is 0.920 bits per heavy atom. The number of hydrogen-bond donors (Lipinski definition) is 7. The molecule has 1 aliphatic carbocycles. The molecular weight excluding hydrogens is 652 g/mol. The van der Waals surface area contributed by atoms with E-state index in [1.807, 2.05) is 0 Å². The van der Waals surface area contributed by atoms with E-state index in [4.69, 9.17) is 18.9 Å². The van der Waals surface area contributed by atoms with Crippen LogP contribution in [0.5, 0.6) is 46.0 Å². The highest BCUT2D eigenvalue weighted by Crippen LogP contribution is 2.50. The average Bonchev–Trinajstić information content (AvgIpc) is 3.65. The van der Waals surface area contributed by atoms with Crippen molar-refractivity contribution in [3.8, 4) is 46.0 Å². The monoisotopic (exact) mass is 690 g/mol. The van der Waals surface area contributed by atoms with Gasteiger partial charge in [0.05, 0.1) is 11.2 Å². The maximum Gasteiger partial charge on any atom is 0.338 e. The minimum absolute atomic E-state index is 0.0461. The Balaban J connectivity index is 0.000000202. The standard InChI is InChI=1S/C22H18O10.C15H20O3/c23-11-6-14(25)12-8-19(32-22(30)10-4-16(27)20(29)17(28)5-10)21(31-18(12)7-11)9-1-2-13(24)15(26)3-9;1-9-5-4-8-15(3)13(18-15)12-11(7-6-9)10(2)14(16)17-12/h1-7,19,21,23-29H,8H2;5,11-13H,2,4,6-8H2,1,3H3. The Bertz CT molecular complexity index is 1880. The lowest BCUT2D eigenvalue weighted by atomic mass is 9.84. The first-order chi connectivity index (χ1) is 23.6. The van der Waals surface area contributed by atoms with Crippen molar-refractivity contribution in [1.29, 1.82) is 0 Å². The zero-order valence-corrected chi connectivity index (χ0v) is 27.3. The number of benzene rings is 3. The van der Waals surface area contributed by atoms with Gasteiger partial charge >= 0.3 is 11.9 Å². The molecule has 0 amide bonds. The largest absolute Gasteiger partial charge is 0.508 e. The van der Waals surface area contributed by atoms with Gasteiger partial charge < -0.3 is 54.7 Å². The number of phenols is 7. The number of ether oxygens (including phenoxy) is 4. The molecule has 7 rings (SSSR count). The molecule has 7 N–H and O–H groups in total. The van der Waals surface area contributed by atoms with Gasteiger partial charge in [0, 0.05) is 41.2 Å². The Kier molecular flexibility index (Phi) is 8.95. The molecule has 0 spiro atoms. The maximum atomic E-state index is 12.7. The van der Waals surface area contributed by atoms with Crippen LogP contribution in [0.15, 0.2) is 66.3 Å². The minimum Gasteiger partial charge on any atom is -0.508 e. The number of hydrogen-bond acceptors (Lipinski definition) is 13. The lowest BCUT2D eigenvalue weighted by molar-refractivity contribution is -0.140. The fraction of sp³-hybridized carbons (Fsp3) is 0.351. The molecule has 4 aliphatic rings. The molecule has 6 atom stereocenters. The number of carbonyl (C=O) groups excluding carboxylic acids is 2. The second-order valence-electron chi connectivity index (χ2n) is 13.2. The summed E-state index contributed by atoms with van der Waals surface area (Å²) in [5.74, 6) is -4.53. The fourth-order valence-electron chi connectivity index (χ4n) is 6.68. The van der Waals surface area contributed by atoms with E-state index in [0.717, 1.165) is 43.9 Å². The number of rotatable bonds is 3. The van der Waals surface area contributed by atoms with Crippen LogP contribution in [0.1, 0.15) is 67.1 Å². The first-order valence-corrected chi connectivity index (χ1v) is 16.1. The molecule has 264 valence electrons. The number of esters is 2. The highest BCUT2D eigenvalue weighted by atomic mass is 16.6. The molecule has 50 heavy (non-hydrogen) atoms. The third-order valence-corrected chi connectivity index (χ3v) is 9.63. The van der Waals surface area contributed by atoms with Gasteiger partial charge in [0.2, 0.25) is 0 Å². The van der Waals surface area contributed by atoms with E-state index in [-0.39, 0.29) is 70.2 Å². The predicted molar refractivity (Wildman–Crippen MR) is 175 cm³/mol. The van der Waals surface area contributed by atoms with Gasteiger partial charge in [-0.05, 0) is 63.8 Å². The zero-order valence-electron chi connectivity index (χ0n) is 27.3. The second kappa shape index (κ2) is 13.0. The molecule has 13 heteroatoms. The third kappa shape index (κ3) is 6.68. The number of carbonyl (C=O) groups is 2. The Morgan fingerprint density at radius 2 is 1.64 bits per heavy atom. The summed E-state index contributed by atoms with van der Waals surface area (Å²) in [6.07, 6.45) is 4.13. The molecular formula is C37H38O13. The highest BCUT2D eigenvalue weighted by molar-refractivity contribution is 5.91. The van der Waals surface area contributed by atoms with Crippen molar-refractivity contribution in [2.24, 2.45) is 5.92 Å². The summed E-state index contributed by atoms with van der Waals surface area (Å²) in [5, 5.41) is 68.2. The zero-order chi connectivity index (χ0) is 36.1. The van der Waals surface area contributed by atoms with Crippen LogP contribution < -0.4 is 4.74 Å². The van der Waals surface area contributed by atoms with Gasteiger partial charge in [0.25, 0.3) is 0 Å². The second-order valence-corrected chi connectivity index (χ2v) is 13.2. The van der Waals surface area contributed by atoms with E-state index in [2.05, 4.69) is 26.5 Å². The summed E-state index contributed by atoms with van der Waals surface area (Å²) in [6, 6.07) is 8.07. The van der Waals surface area contributed by atoms with Gasteiger partial charge in [-0.15, -0.1) is 0 Å². The van der Waals surface area contributed by atoms with E-state index < -0.39 is 41.2 Å². The number of aromatic hydroxyl groups is 7. The summed E-state index contributed by atoms with van der Waals surface area (Å²) in [5.41, 5.74) is 2.24. The molecule has 2 saturated heterocycles. The van der Waals surface area contributed by atoms with E-state index in [1.165, 1.54) is 29.8 Å². The van der Waals surface area contributed by atoms with Crippen molar-refractivity contribution < 1.29 is 64.3 Å². The van der Waals surface area contributed by atoms with E-state index in [1.54, 1.807) is 0 Å². The van der Waals surface area contributed by atoms with Crippen LogP contribution in [0.25, 0.3) is 0 Å². The summed E-state index contributed by atoms with van der Waals surface area (Å²) >= 11 is 0. The predicted octanol–water partition coefficient (Wildman–Crippen LogP) is 5.29. The highest BCUT2D eigenvalue weighted by Gasteiger charge is 2.61. The topological polar surface area (TPSA) is 216 Å².